The van der Waals surface area contributed by atoms with Gasteiger partial charge in [0, 0.05) is 29.3 Å². The molecule has 1 spiro atoms. The van der Waals surface area contributed by atoms with Crippen LogP contribution in [-0.2, 0) is 28.6 Å². The summed E-state index contributed by atoms with van der Waals surface area (Å²) in [6.07, 6.45) is -1.26. The van der Waals surface area contributed by atoms with Crippen LogP contribution in [0.25, 0.3) is 0 Å². The molecule has 14 atom stereocenters. The van der Waals surface area contributed by atoms with Crippen molar-refractivity contribution >= 4 is 18.0 Å². The second kappa shape index (κ2) is 7.59. The smallest absolute Gasteiger partial charge is 0.312 e. The van der Waals surface area contributed by atoms with Gasteiger partial charge in [-0.05, 0) is 56.3 Å². The molecule has 6 rings (SSSR count). The van der Waals surface area contributed by atoms with Gasteiger partial charge in [0.25, 0.3) is 0 Å². The Bertz CT molecular complexity index is 1000. The van der Waals surface area contributed by atoms with Crippen molar-refractivity contribution in [2.75, 3.05) is 13.7 Å². The van der Waals surface area contributed by atoms with Crippen LogP contribution in [0.5, 0.6) is 0 Å². The number of carboxylic acid groups (broad SMARTS) is 1. The van der Waals surface area contributed by atoms with Gasteiger partial charge in [0.2, 0.25) is 0 Å². The summed E-state index contributed by atoms with van der Waals surface area (Å²) in [5.41, 5.74) is -4.78. The van der Waals surface area contributed by atoms with Crippen LogP contribution in [0.15, 0.2) is 0 Å². The van der Waals surface area contributed by atoms with Gasteiger partial charge in [0.15, 0.2) is 6.29 Å². The Morgan fingerprint density at radius 1 is 1.14 bits per heavy atom. The minimum atomic E-state index is -1.54. The number of hydrogen-bond acceptors (Lipinski definition) is 8. The summed E-state index contributed by atoms with van der Waals surface area (Å²) in [5.74, 6) is -1.39. The van der Waals surface area contributed by atoms with E-state index in [9.17, 15) is 29.7 Å². The number of methoxy groups -OCH3 is 1. The molecule has 1 aliphatic heterocycles. The number of hydrogen-bond donors (Lipinski definition) is 3. The Hall–Kier alpha value is -1.39. The summed E-state index contributed by atoms with van der Waals surface area (Å²) in [7, 11) is 1.43. The van der Waals surface area contributed by atoms with Gasteiger partial charge in [0.1, 0.15) is 35.8 Å². The fraction of sp³-hybridized carbons (Fsp3) is 0.889. The lowest BCUT2D eigenvalue weighted by molar-refractivity contribution is -0.308. The number of aldehydes is 1. The van der Waals surface area contributed by atoms with Crippen LogP contribution >= 0.6 is 0 Å². The van der Waals surface area contributed by atoms with Crippen molar-refractivity contribution in [3.05, 3.63) is 0 Å². The van der Waals surface area contributed by atoms with E-state index in [2.05, 4.69) is 6.92 Å². The standard InChI is InChI=1S/C27H38O9/c1-12-5-6-16-15(12)8-25(11-35-22-19(30)18(29)20(34-4)14(3)36-22)17-9-24(16,10-28)27(25,23(32)33)26(21(17)31)7-13(26)2/h10,12-20,22,29-30H,5-9,11H2,1-4H3,(H,32,33). The van der Waals surface area contributed by atoms with Crippen molar-refractivity contribution in [3.63, 3.8) is 0 Å². The zero-order chi connectivity index (χ0) is 26.0. The quantitative estimate of drug-likeness (QED) is 0.456. The number of aliphatic hydroxyl groups excluding tert-OH is 2. The highest BCUT2D eigenvalue weighted by Crippen LogP contribution is 2.91. The average molecular weight is 507 g/mol. The van der Waals surface area contributed by atoms with Gasteiger partial charge >= 0.3 is 5.97 Å². The minimum absolute atomic E-state index is 0.0240. The number of carbonyl (C=O) groups excluding carboxylic acids is 2. The van der Waals surface area contributed by atoms with Gasteiger partial charge in [-0.1, -0.05) is 20.3 Å². The van der Waals surface area contributed by atoms with Crippen LogP contribution in [0.3, 0.4) is 0 Å². The van der Waals surface area contributed by atoms with Gasteiger partial charge in [-0.15, -0.1) is 0 Å². The lowest BCUT2D eigenvalue weighted by Gasteiger charge is -2.59. The van der Waals surface area contributed by atoms with Crippen LogP contribution in [0.4, 0.5) is 0 Å². The third-order valence-corrected chi connectivity index (χ3v) is 11.9. The van der Waals surface area contributed by atoms with E-state index in [1.165, 1.54) is 7.11 Å². The van der Waals surface area contributed by atoms with E-state index >= 15 is 0 Å². The number of carboxylic acids is 1. The van der Waals surface area contributed by atoms with Crippen LogP contribution in [0.2, 0.25) is 0 Å². The number of fused-ring (bicyclic) bond motifs is 2. The zero-order valence-corrected chi connectivity index (χ0v) is 21.4. The Morgan fingerprint density at radius 3 is 2.42 bits per heavy atom. The first kappa shape index (κ1) is 24.9. The molecule has 3 N–H and O–H groups in total. The fourth-order valence-corrected chi connectivity index (χ4v) is 10.6. The highest BCUT2D eigenvalue weighted by atomic mass is 16.7. The zero-order valence-electron chi connectivity index (χ0n) is 21.4. The molecule has 1 saturated heterocycles. The molecule has 5 aliphatic carbocycles. The lowest BCUT2D eigenvalue weighted by Crippen LogP contribution is -2.66. The molecular formula is C27H38O9. The molecule has 0 aromatic carbocycles. The van der Waals surface area contributed by atoms with Crippen molar-refractivity contribution in [2.45, 2.75) is 83.6 Å². The lowest BCUT2D eigenvalue weighted by atomic mass is 9.41. The summed E-state index contributed by atoms with van der Waals surface area (Å²) in [6.45, 7) is 5.68. The molecule has 1 heterocycles. The normalized spacial score (nSPS) is 58.8. The molecule has 0 aromatic rings. The van der Waals surface area contributed by atoms with Crippen molar-refractivity contribution in [2.24, 2.45) is 51.2 Å². The number of aliphatic hydroxyl groups is 2. The summed E-state index contributed by atoms with van der Waals surface area (Å²) in [5, 5.41) is 32.4. The van der Waals surface area contributed by atoms with Crippen molar-refractivity contribution < 1.29 is 43.9 Å². The summed E-state index contributed by atoms with van der Waals surface area (Å²) in [4.78, 5) is 40.7. The van der Waals surface area contributed by atoms with Crippen LogP contribution in [0.1, 0.15) is 52.9 Å². The predicted octanol–water partition coefficient (Wildman–Crippen LogP) is 1.42. The van der Waals surface area contributed by atoms with E-state index in [1.807, 2.05) is 6.92 Å². The second-order valence-electron chi connectivity index (χ2n) is 12.8. The van der Waals surface area contributed by atoms with Crippen molar-refractivity contribution in [1.82, 2.24) is 0 Å². The number of rotatable bonds is 6. The van der Waals surface area contributed by atoms with E-state index < -0.39 is 64.3 Å². The highest BCUT2D eigenvalue weighted by Gasteiger charge is 2.96. The molecule has 36 heavy (non-hydrogen) atoms. The first-order chi connectivity index (χ1) is 17.0. The molecule has 0 aromatic heterocycles. The summed E-state index contributed by atoms with van der Waals surface area (Å²) in [6, 6.07) is 0. The topological polar surface area (TPSA) is 140 Å². The molecule has 200 valence electrons. The molecule has 0 radical (unpaired) electrons. The Kier molecular flexibility index (Phi) is 5.26. The van der Waals surface area contributed by atoms with Gasteiger partial charge in [-0.2, -0.15) is 0 Å². The molecule has 6 fully saturated rings. The first-order valence-corrected chi connectivity index (χ1v) is 13.4. The monoisotopic (exact) mass is 506 g/mol. The third-order valence-electron chi connectivity index (χ3n) is 11.9. The molecule has 14 unspecified atom stereocenters. The first-order valence-electron chi connectivity index (χ1n) is 13.4. The summed E-state index contributed by atoms with van der Waals surface area (Å²) >= 11 is 0. The average Bonchev–Trinajstić information content (AvgIpc) is 3.22. The fourth-order valence-electron chi connectivity index (χ4n) is 10.6. The van der Waals surface area contributed by atoms with Crippen LogP contribution < -0.4 is 0 Å². The van der Waals surface area contributed by atoms with Crippen molar-refractivity contribution in [3.8, 4) is 0 Å². The molecule has 5 saturated carbocycles. The van der Waals surface area contributed by atoms with Gasteiger partial charge in [-0.25, -0.2) is 0 Å². The predicted molar refractivity (Wildman–Crippen MR) is 123 cm³/mol. The number of Topliss-reactive ketones (excluding diaryl/α,β-unsaturated/α-hetero) is 1. The maximum atomic E-state index is 14.0. The maximum absolute atomic E-state index is 14.0. The van der Waals surface area contributed by atoms with Gasteiger partial charge < -0.3 is 34.3 Å². The minimum Gasteiger partial charge on any atom is -0.481 e. The molecule has 9 nitrogen and oxygen atoms in total. The molecular weight excluding hydrogens is 468 g/mol. The largest absolute Gasteiger partial charge is 0.481 e. The van der Waals surface area contributed by atoms with Crippen molar-refractivity contribution in [1.29, 1.82) is 0 Å². The van der Waals surface area contributed by atoms with E-state index in [4.69, 9.17) is 14.2 Å². The second-order valence-corrected chi connectivity index (χ2v) is 12.8. The molecule has 4 bridgehead atoms. The third kappa shape index (κ3) is 2.40. The number of carbonyl (C=O) groups is 3. The molecule has 9 heteroatoms. The SMILES string of the molecule is COC1C(C)OC(OCC23CC4C(C)CCC4C4(C=O)CC2C(=O)C2(CC2C)C43C(=O)O)C(O)C1O. The van der Waals surface area contributed by atoms with E-state index in [0.717, 1.165) is 19.1 Å². The van der Waals surface area contributed by atoms with Crippen LogP contribution in [0, 0.1) is 51.2 Å². The Balaban J connectivity index is 1.45. The van der Waals surface area contributed by atoms with Gasteiger partial charge in [0.05, 0.1) is 12.7 Å². The maximum Gasteiger partial charge on any atom is 0.312 e. The van der Waals surface area contributed by atoms with Crippen LogP contribution in [-0.4, -0.2) is 77.8 Å². The van der Waals surface area contributed by atoms with Gasteiger partial charge in [-0.3, -0.25) is 9.59 Å². The molecule has 6 aliphatic rings. The van der Waals surface area contributed by atoms with E-state index in [0.29, 0.717) is 18.8 Å². The highest BCUT2D eigenvalue weighted by molar-refractivity contribution is 6.06. The number of aliphatic carboxylic acids is 1. The molecule has 0 amide bonds. The Labute approximate surface area is 210 Å². The summed E-state index contributed by atoms with van der Waals surface area (Å²) < 4.78 is 17.3. The van der Waals surface area contributed by atoms with E-state index in [1.54, 1.807) is 6.92 Å². The Morgan fingerprint density at radius 2 is 1.83 bits per heavy atom. The number of ketones is 1. The number of ether oxygens (including phenoxy) is 3. The van der Waals surface area contributed by atoms with E-state index in [-0.39, 0.29) is 36.6 Å².